The van der Waals surface area contributed by atoms with Crippen LogP contribution in [0.5, 0.6) is 5.75 Å². The third kappa shape index (κ3) is 12.0. The van der Waals surface area contributed by atoms with Gasteiger partial charge >= 0.3 is 57.4 Å². The van der Waals surface area contributed by atoms with E-state index in [0.29, 0.717) is 17.9 Å². The maximum atomic E-state index is 12.2. The zero-order valence-corrected chi connectivity index (χ0v) is 20.7. The summed E-state index contributed by atoms with van der Waals surface area (Å²) in [5.41, 5.74) is 0.530. The second-order valence-corrected chi connectivity index (χ2v) is 7.37. The van der Waals surface area contributed by atoms with Crippen LogP contribution in [-0.2, 0) is 14.8 Å². The second kappa shape index (κ2) is 15.5. The SMILES string of the molecule is C=CCOC(=O)c1cc(OCC=C)cc(N(C)S(=O)(=O)CCC)c1.O=C([O-])O.[K+]. The Bertz CT molecular complexity index is 791. The van der Waals surface area contributed by atoms with E-state index >= 15 is 0 Å². The summed E-state index contributed by atoms with van der Waals surface area (Å²) in [5.74, 6) is -0.213. The number of carbonyl (C=O) groups is 2. The molecule has 0 unspecified atom stereocenters. The molecule has 0 aliphatic rings. The molecule has 1 aromatic carbocycles. The number of carbonyl (C=O) groups excluding carboxylic acids is 1. The fraction of sp³-hybridized carbons (Fsp3) is 0.333. The van der Waals surface area contributed by atoms with Crippen LogP contribution in [0.4, 0.5) is 10.5 Å². The minimum atomic E-state index is -3.47. The van der Waals surface area contributed by atoms with Gasteiger partial charge in [0.2, 0.25) is 16.2 Å². The smallest absolute Gasteiger partial charge is 0.565 e. The van der Waals surface area contributed by atoms with E-state index in [0.717, 1.165) is 4.31 Å². The molecule has 0 aliphatic carbocycles. The van der Waals surface area contributed by atoms with Crippen molar-refractivity contribution in [1.29, 1.82) is 0 Å². The van der Waals surface area contributed by atoms with Crippen LogP contribution >= 0.6 is 0 Å². The molecule has 0 radical (unpaired) electrons. The number of nitrogens with zero attached hydrogens (tertiary/aromatic N) is 1. The maximum absolute atomic E-state index is 12.2. The number of anilines is 1. The molecule has 0 aromatic heterocycles. The second-order valence-electron chi connectivity index (χ2n) is 5.25. The summed E-state index contributed by atoms with van der Waals surface area (Å²) in [4.78, 5) is 20.5. The number of ether oxygens (including phenoxy) is 2. The monoisotopic (exact) mass is 453 g/mol. The molecule has 0 atom stereocenters. The van der Waals surface area contributed by atoms with E-state index < -0.39 is 22.1 Å². The van der Waals surface area contributed by atoms with Crippen molar-refractivity contribution < 1.29 is 89.1 Å². The number of esters is 1. The zero-order valence-electron chi connectivity index (χ0n) is 16.8. The van der Waals surface area contributed by atoms with Crippen molar-refractivity contribution in [3.8, 4) is 5.75 Å². The van der Waals surface area contributed by atoms with Gasteiger partial charge in [0.05, 0.1) is 17.0 Å². The summed E-state index contributed by atoms with van der Waals surface area (Å²) >= 11 is 0. The van der Waals surface area contributed by atoms with Crippen LogP contribution in [0.25, 0.3) is 0 Å². The van der Waals surface area contributed by atoms with Crippen LogP contribution in [-0.4, -0.2) is 51.7 Å². The van der Waals surface area contributed by atoms with Gasteiger partial charge in [-0.3, -0.25) is 4.31 Å². The van der Waals surface area contributed by atoms with Crippen LogP contribution in [0, 0.1) is 0 Å². The first kappa shape index (κ1) is 29.8. The fourth-order valence-electron chi connectivity index (χ4n) is 1.89. The molecule has 1 rings (SSSR count). The van der Waals surface area contributed by atoms with Crippen molar-refractivity contribution in [2.75, 3.05) is 30.3 Å². The van der Waals surface area contributed by atoms with Gasteiger partial charge in [-0.1, -0.05) is 32.2 Å². The van der Waals surface area contributed by atoms with Crippen molar-refractivity contribution in [3.05, 3.63) is 49.1 Å². The van der Waals surface area contributed by atoms with Crippen molar-refractivity contribution >= 4 is 27.8 Å². The first-order chi connectivity index (χ1) is 13.1. The van der Waals surface area contributed by atoms with Crippen molar-refractivity contribution in [3.63, 3.8) is 0 Å². The van der Waals surface area contributed by atoms with Gasteiger partial charge in [-0.05, 0) is 18.6 Å². The first-order valence-electron chi connectivity index (χ1n) is 8.12. The molecular weight excluding hydrogens is 429 g/mol. The Hall–Kier alpha value is -1.37. The standard InChI is InChI=1S/C17H23NO5S.CH2O3.K/c1-5-8-22-16-12-14(17(19)23-9-6-2)11-15(13-16)18(4)24(20,21)10-7-3;2-1(3)4;/h5-6,11-13H,1-2,7-10H2,3-4H3;(H2,2,3,4);/q;;+1/p-1. The predicted molar refractivity (Wildman–Crippen MR) is 103 cm³/mol. The Morgan fingerprint density at radius 3 is 2.24 bits per heavy atom. The van der Waals surface area contributed by atoms with Crippen LogP contribution in [0.2, 0.25) is 0 Å². The van der Waals surface area contributed by atoms with Gasteiger partial charge in [0.15, 0.2) is 0 Å². The predicted octanol–water partition coefficient (Wildman–Crippen LogP) is -1.34. The Balaban J connectivity index is 0. The minimum absolute atomic E-state index is 0. The molecule has 9 nitrogen and oxygen atoms in total. The summed E-state index contributed by atoms with van der Waals surface area (Å²) in [5, 5.41) is 15.3. The minimum Gasteiger partial charge on any atom is -0.565 e. The number of carboxylic acid groups (broad SMARTS) is 2. The Morgan fingerprint density at radius 1 is 1.21 bits per heavy atom. The quantitative estimate of drug-likeness (QED) is 0.261. The van der Waals surface area contributed by atoms with Crippen LogP contribution in [0.15, 0.2) is 43.5 Å². The van der Waals surface area contributed by atoms with Crippen LogP contribution in [0.3, 0.4) is 0 Å². The average molecular weight is 454 g/mol. The van der Waals surface area contributed by atoms with E-state index in [1.807, 2.05) is 0 Å². The molecule has 0 fully saturated rings. The molecule has 1 N–H and O–H groups in total. The largest absolute Gasteiger partial charge is 1.00 e. The molecule has 0 spiro atoms. The summed E-state index contributed by atoms with van der Waals surface area (Å²) in [6.45, 7) is 9.13. The average Bonchev–Trinajstić information content (AvgIpc) is 2.63. The van der Waals surface area contributed by atoms with Gasteiger partial charge in [0.1, 0.15) is 19.0 Å². The third-order valence-corrected chi connectivity index (χ3v) is 5.04. The van der Waals surface area contributed by atoms with Gasteiger partial charge in [-0.2, -0.15) is 0 Å². The summed E-state index contributed by atoms with van der Waals surface area (Å²) in [7, 11) is -2.03. The molecule has 0 saturated carbocycles. The Morgan fingerprint density at radius 2 is 1.76 bits per heavy atom. The number of benzene rings is 1. The molecule has 29 heavy (non-hydrogen) atoms. The van der Waals surface area contributed by atoms with Crippen molar-refractivity contribution in [2.45, 2.75) is 13.3 Å². The van der Waals surface area contributed by atoms with E-state index in [9.17, 15) is 13.2 Å². The number of hydrogen-bond acceptors (Lipinski definition) is 7. The molecule has 0 aliphatic heterocycles. The maximum Gasteiger partial charge on any atom is 1.00 e. The molecular formula is C18H24KNO8S. The van der Waals surface area contributed by atoms with E-state index in [-0.39, 0.29) is 75.9 Å². The molecule has 0 amide bonds. The van der Waals surface area contributed by atoms with Crippen LogP contribution < -0.4 is 65.5 Å². The normalized spacial score (nSPS) is 9.72. The van der Waals surface area contributed by atoms with Gasteiger partial charge < -0.3 is 24.5 Å². The summed E-state index contributed by atoms with van der Waals surface area (Å²) in [6, 6.07) is 4.51. The van der Waals surface area contributed by atoms with Gasteiger partial charge in [0.25, 0.3) is 0 Å². The summed E-state index contributed by atoms with van der Waals surface area (Å²) < 4.78 is 36.1. The molecule has 156 valence electrons. The number of hydrogen-bond donors (Lipinski definition) is 1. The van der Waals surface area contributed by atoms with Gasteiger partial charge in [-0.25, -0.2) is 13.2 Å². The van der Waals surface area contributed by atoms with Gasteiger partial charge in [0, 0.05) is 13.1 Å². The van der Waals surface area contributed by atoms with E-state index in [4.69, 9.17) is 24.5 Å². The van der Waals surface area contributed by atoms with Crippen molar-refractivity contribution in [2.24, 2.45) is 0 Å². The number of rotatable bonds is 10. The Kier molecular flexibility index (Phi) is 15.9. The molecule has 11 heteroatoms. The molecule has 0 heterocycles. The van der Waals surface area contributed by atoms with Gasteiger partial charge in [-0.15, -0.1) is 0 Å². The van der Waals surface area contributed by atoms with Crippen molar-refractivity contribution in [1.82, 2.24) is 0 Å². The van der Waals surface area contributed by atoms with E-state index in [2.05, 4.69) is 13.2 Å². The fourth-order valence-corrected chi connectivity index (χ4v) is 3.11. The molecule has 0 bridgehead atoms. The topological polar surface area (TPSA) is 133 Å². The molecule has 0 saturated heterocycles. The van der Waals surface area contributed by atoms with E-state index in [1.165, 1.54) is 25.3 Å². The zero-order chi connectivity index (χ0) is 21.7. The van der Waals surface area contributed by atoms with E-state index in [1.54, 1.807) is 19.1 Å². The number of sulfonamides is 1. The molecule has 1 aromatic rings. The first-order valence-corrected chi connectivity index (χ1v) is 9.73. The Labute approximate surface area is 213 Å². The summed E-state index contributed by atoms with van der Waals surface area (Å²) in [6.07, 6.45) is 1.42. The van der Waals surface area contributed by atoms with Crippen LogP contribution in [0.1, 0.15) is 23.7 Å². The third-order valence-electron chi connectivity index (χ3n) is 3.07.